The molecule has 0 aromatic rings. The first-order valence-electron chi connectivity index (χ1n) is 17.1. The number of carbonyl (C=O) groups excluding carboxylic acids is 3. The van der Waals surface area contributed by atoms with E-state index in [1.54, 1.807) is 4.90 Å². The third-order valence-electron chi connectivity index (χ3n) is 7.29. The molecule has 0 heterocycles. The minimum absolute atomic E-state index is 0.0739. The van der Waals surface area contributed by atoms with E-state index in [2.05, 4.69) is 49.8 Å². The lowest BCUT2D eigenvalue weighted by atomic mass is 10.0. The monoisotopic (exact) mass is 704 g/mol. The van der Waals surface area contributed by atoms with Crippen LogP contribution in [-0.4, -0.2) is 92.6 Å². The van der Waals surface area contributed by atoms with E-state index >= 15 is 0 Å². The Bertz CT molecular complexity index is 983. The molecule has 0 aliphatic heterocycles. The Labute approximate surface area is 292 Å². The van der Waals surface area contributed by atoms with Gasteiger partial charge in [0.25, 0.3) is 0 Å². The fraction of sp³-hybridized carbons (Fsp3) is 0.882. The maximum absolute atomic E-state index is 13.4. The van der Waals surface area contributed by atoms with E-state index in [4.69, 9.17) is 30.9 Å². The van der Waals surface area contributed by atoms with Gasteiger partial charge in [0, 0.05) is 45.2 Å². The molecule has 1 atom stereocenters. The summed E-state index contributed by atoms with van der Waals surface area (Å²) in [4.78, 5) is 39.7. The van der Waals surface area contributed by atoms with Crippen LogP contribution in [-0.2, 0) is 18.6 Å². The molecule has 0 radical (unpaired) electrons. The number of nitrogens with zero attached hydrogens (tertiary/aromatic N) is 1. The summed E-state index contributed by atoms with van der Waals surface area (Å²) in [5.74, 6) is -0.151. The lowest BCUT2D eigenvalue weighted by Crippen LogP contribution is -2.45. The molecule has 0 aromatic carbocycles. The van der Waals surface area contributed by atoms with Crippen LogP contribution in [0.2, 0.25) is 18.1 Å². The van der Waals surface area contributed by atoms with E-state index < -0.39 is 43.4 Å². The predicted molar refractivity (Wildman–Crippen MR) is 197 cm³/mol. The van der Waals surface area contributed by atoms with Gasteiger partial charge in [-0.3, -0.25) is 0 Å². The lowest BCUT2D eigenvalue weighted by Gasteiger charge is -2.37. The van der Waals surface area contributed by atoms with E-state index in [1.807, 2.05) is 62.3 Å². The average Bonchev–Trinajstić information content (AvgIpc) is 2.84. The number of hydrogen-bond acceptors (Lipinski definition) is 8. The highest BCUT2D eigenvalue weighted by molar-refractivity contribution is 7.80. The first-order chi connectivity index (χ1) is 21.2. The second kappa shape index (κ2) is 19.8. The summed E-state index contributed by atoms with van der Waals surface area (Å²) in [6.07, 6.45) is 2.25. The van der Waals surface area contributed by atoms with E-state index in [9.17, 15) is 14.4 Å². The number of alkyl carbamates (subject to hydrolysis) is 2. The van der Waals surface area contributed by atoms with Gasteiger partial charge in [-0.15, -0.1) is 0 Å². The van der Waals surface area contributed by atoms with Gasteiger partial charge in [-0.2, -0.15) is 0 Å². The third-order valence-corrected chi connectivity index (χ3v) is 12.3. The minimum atomic E-state index is -1.98. The molecule has 47 heavy (non-hydrogen) atoms. The molecular formula is C34H68N4O7SSi. The quantitative estimate of drug-likeness (QED) is 0.0602. The molecule has 3 N–H and O–H groups in total. The maximum atomic E-state index is 13.4. The van der Waals surface area contributed by atoms with Crippen molar-refractivity contribution in [3.8, 4) is 0 Å². The summed E-state index contributed by atoms with van der Waals surface area (Å²) >= 11 is 5.89. The molecular weight excluding hydrogens is 637 g/mol. The van der Waals surface area contributed by atoms with Crippen LogP contribution in [0.15, 0.2) is 0 Å². The van der Waals surface area contributed by atoms with Gasteiger partial charge in [0.15, 0.2) is 8.32 Å². The number of nitrogens with one attached hydrogen (secondary N) is 3. The van der Waals surface area contributed by atoms with Gasteiger partial charge in [0.2, 0.25) is 0 Å². The Morgan fingerprint density at radius 2 is 1.11 bits per heavy atom. The van der Waals surface area contributed by atoms with Crippen molar-refractivity contribution in [2.24, 2.45) is 5.92 Å². The fourth-order valence-electron chi connectivity index (χ4n) is 3.87. The number of amides is 3. The summed E-state index contributed by atoms with van der Waals surface area (Å²) in [5.41, 5.74) is -1.75. The number of hydrogen-bond donors (Lipinski definition) is 3. The van der Waals surface area contributed by atoms with Crippen molar-refractivity contribution in [1.29, 1.82) is 0 Å². The molecule has 0 saturated carbocycles. The van der Waals surface area contributed by atoms with Gasteiger partial charge >= 0.3 is 18.3 Å². The molecule has 0 aromatic heterocycles. The molecule has 1 unspecified atom stereocenters. The number of unbranched alkanes of at least 4 members (excludes halogenated alkanes) is 2. The van der Waals surface area contributed by atoms with Gasteiger partial charge < -0.3 is 39.5 Å². The van der Waals surface area contributed by atoms with Crippen molar-refractivity contribution in [3.05, 3.63) is 0 Å². The normalized spacial score (nSPS) is 13.3. The lowest BCUT2D eigenvalue weighted by molar-refractivity contribution is 0.0225. The highest BCUT2D eigenvalue weighted by Crippen LogP contribution is 2.36. The van der Waals surface area contributed by atoms with Crippen molar-refractivity contribution < 1.29 is 33.0 Å². The molecule has 3 amide bonds. The van der Waals surface area contributed by atoms with Crippen molar-refractivity contribution in [2.75, 3.05) is 39.3 Å². The van der Waals surface area contributed by atoms with Crippen LogP contribution >= 0.6 is 12.2 Å². The fourth-order valence-corrected chi connectivity index (χ4v) is 5.23. The summed E-state index contributed by atoms with van der Waals surface area (Å²) in [6, 6.07) is 0. The summed E-state index contributed by atoms with van der Waals surface area (Å²) in [5, 5.41) is 9.02. The van der Waals surface area contributed by atoms with Gasteiger partial charge in [0.05, 0.1) is 4.99 Å². The van der Waals surface area contributed by atoms with Crippen molar-refractivity contribution in [3.63, 3.8) is 0 Å². The SMILES string of the molecule is CC(C)(C)OC(=O)NCCCCNC(=S)C(CCO[Si](C)(C)C(C)(C)C)CN(CCCCNC(=O)OC(C)(C)C)C(=O)OC(C)(C)C. The first kappa shape index (κ1) is 44.9. The molecule has 276 valence electrons. The molecule has 0 aliphatic carbocycles. The Hall–Kier alpha value is -2.12. The summed E-state index contributed by atoms with van der Waals surface area (Å²) in [7, 11) is -1.98. The highest BCUT2D eigenvalue weighted by Gasteiger charge is 2.37. The van der Waals surface area contributed by atoms with E-state index in [-0.39, 0.29) is 11.0 Å². The van der Waals surface area contributed by atoms with Gasteiger partial charge in [-0.25, -0.2) is 14.4 Å². The highest BCUT2D eigenvalue weighted by atomic mass is 32.1. The van der Waals surface area contributed by atoms with Crippen LogP contribution < -0.4 is 16.0 Å². The van der Waals surface area contributed by atoms with Gasteiger partial charge in [-0.1, -0.05) is 33.0 Å². The first-order valence-corrected chi connectivity index (χ1v) is 20.4. The molecule has 11 nitrogen and oxygen atoms in total. The zero-order chi connectivity index (χ0) is 36.7. The molecule has 0 rings (SSSR count). The molecule has 0 bridgehead atoms. The van der Waals surface area contributed by atoms with Crippen LogP contribution in [0.4, 0.5) is 14.4 Å². The Morgan fingerprint density at radius 3 is 1.53 bits per heavy atom. The molecule has 0 spiro atoms. The number of ether oxygens (including phenoxy) is 3. The van der Waals surface area contributed by atoms with Crippen LogP contribution in [0.3, 0.4) is 0 Å². The number of carbonyl (C=O) groups is 3. The molecule has 0 saturated heterocycles. The largest absolute Gasteiger partial charge is 0.444 e. The third kappa shape index (κ3) is 23.0. The zero-order valence-corrected chi connectivity index (χ0v) is 33.9. The maximum Gasteiger partial charge on any atom is 0.410 e. The Kier molecular flexibility index (Phi) is 18.9. The molecule has 0 fully saturated rings. The standard InChI is InChI=1S/C34H68N4O7SSi/c1-31(2,3)43-28(39)36-21-16-15-20-35-27(46)26(19-24-42-47(13,14)34(10,11)12)25-38(30(41)45-33(7,8)9)23-18-17-22-37-29(40)44-32(4,5)6/h26H,15-25H2,1-14H3,(H,35,46)(H,36,39)(H,37,40). The number of rotatable bonds is 17. The van der Waals surface area contributed by atoms with Crippen molar-refractivity contribution in [2.45, 2.75) is 150 Å². The summed E-state index contributed by atoms with van der Waals surface area (Å²) in [6.45, 7) is 30.5. The van der Waals surface area contributed by atoms with Crippen molar-refractivity contribution in [1.82, 2.24) is 20.9 Å². The molecule has 13 heteroatoms. The number of thiocarbonyl (C=S) groups is 1. The van der Waals surface area contributed by atoms with Crippen LogP contribution in [0.1, 0.15) is 115 Å². The van der Waals surface area contributed by atoms with Crippen LogP contribution in [0.5, 0.6) is 0 Å². The average molecular weight is 705 g/mol. The molecule has 0 aliphatic rings. The van der Waals surface area contributed by atoms with E-state index in [0.717, 1.165) is 12.8 Å². The Morgan fingerprint density at radius 1 is 0.681 bits per heavy atom. The van der Waals surface area contributed by atoms with Crippen LogP contribution in [0.25, 0.3) is 0 Å². The van der Waals surface area contributed by atoms with Crippen LogP contribution in [0, 0.1) is 5.92 Å². The van der Waals surface area contributed by atoms with E-state index in [1.165, 1.54) is 0 Å². The Balaban J connectivity index is 5.46. The second-order valence-electron chi connectivity index (χ2n) is 16.6. The van der Waals surface area contributed by atoms with Gasteiger partial charge in [-0.05, 0) is 113 Å². The summed E-state index contributed by atoms with van der Waals surface area (Å²) < 4.78 is 22.9. The van der Waals surface area contributed by atoms with Crippen molar-refractivity contribution >= 4 is 43.8 Å². The predicted octanol–water partition coefficient (Wildman–Crippen LogP) is 7.78. The van der Waals surface area contributed by atoms with E-state index in [0.29, 0.717) is 63.6 Å². The minimum Gasteiger partial charge on any atom is -0.444 e. The smallest absolute Gasteiger partial charge is 0.410 e. The topological polar surface area (TPSA) is 127 Å². The second-order valence-corrected chi connectivity index (χ2v) is 21.8. The van der Waals surface area contributed by atoms with Gasteiger partial charge in [0.1, 0.15) is 16.8 Å². The zero-order valence-electron chi connectivity index (χ0n) is 32.1.